The molecular formula is C19H21ClN4O. The van der Waals surface area contributed by atoms with Crippen molar-refractivity contribution >= 4 is 22.6 Å². The van der Waals surface area contributed by atoms with Crippen LogP contribution in [0, 0.1) is 5.92 Å². The van der Waals surface area contributed by atoms with Gasteiger partial charge in [0.25, 0.3) is 0 Å². The highest BCUT2D eigenvalue weighted by Gasteiger charge is 2.29. The number of halogens is 1. The zero-order chi connectivity index (χ0) is 17.4. The average molecular weight is 357 g/mol. The first-order valence-electron chi connectivity index (χ1n) is 8.67. The van der Waals surface area contributed by atoms with Gasteiger partial charge in [0.1, 0.15) is 5.52 Å². The van der Waals surface area contributed by atoms with Gasteiger partial charge in [0.2, 0.25) is 0 Å². The van der Waals surface area contributed by atoms with Crippen molar-refractivity contribution in [3.8, 4) is 11.1 Å². The van der Waals surface area contributed by atoms with Crippen LogP contribution >= 0.6 is 11.6 Å². The number of fused-ring (bicyclic) bond motifs is 1. The topological polar surface area (TPSA) is 63.8 Å². The molecule has 0 bridgehead atoms. The van der Waals surface area contributed by atoms with Gasteiger partial charge in [-0.3, -0.25) is 4.98 Å². The third-order valence-corrected chi connectivity index (χ3v) is 5.51. The maximum Gasteiger partial charge on any atom is 0.113 e. The first-order valence-corrected chi connectivity index (χ1v) is 9.05. The predicted molar refractivity (Wildman–Crippen MR) is 98.4 cm³/mol. The minimum absolute atomic E-state index is 0.508. The van der Waals surface area contributed by atoms with Gasteiger partial charge < -0.3 is 5.11 Å². The van der Waals surface area contributed by atoms with Gasteiger partial charge >= 0.3 is 0 Å². The summed E-state index contributed by atoms with van der Waals surface area (Å²) in [7, 11) is 0. The summed E-state index contributed by atoms with van der Waals surface area (Å²) in [5.74, 6) is 0.526. The van der Waals surface area contributed by atoms with Crippen molar-refractivity contribution in [2.24, 2.45) is 5.92 Å². The van der Waals surface area contributed by atoms with E-state index in [0.717, 1.165) is 54.4 Å². The Hall–Kier alpha value is -1.98. The average Bonchev–Trinajstić information content (AvgIpc) is 2.99. The third-order valence-electron chi connectivity index (χ3n) is 5.21. The molecule has 1 aliphatic rings. The molecule has 6 heteroatoms. The molecule has 5 nitrogen and oxygen atoms in total. The summed E-state index contributed by atoms with van der Waals surface area (Å²) in [5, 5.41) is 19.4. The van der Waals surface area contributed by atoms with Gasteiger partial charge in [-0.15, -0.1) is 5.10 Å². The quantitative estimate of drug-likeness (QED) is 0.767. The highest BCUT2D eigenvalue weighted by atomic mass is 35.5. The smallest absolute Gasteiger partial charge is 0.113 e. The largest absolute Gasteiger partial charge is 0.390 e. The Kier molecular flexibility index (Phi) is 4.21. The zero-order valence-corrected chi connectivity index (χ0v) is 14.9. The van der Waals surface area contributed by atoms with Gasteiger partial charge in [-0.25, -0.2) is 4.68 Å². The Morgan fingerprint density at radius 3 is 2.84 bits per heavy atom. The summed E-state index contributed by atoms with van der Waals surface area (Å²) in [5.41, 5.74) is 3.39. The van der Waals surface area contributed by atoms with E-state index in [1.165, 1.54) is 0 Å². The molecule has 4 rings (SSSR count). The van der Waals surface area contributed by atoms with Crippen LogP contribution < -0.4 is 0 Å². The van der Waals surface area contributed by atoms with Gasteiger partial charge in [-0.1, -0.05) is 22.9 Å². The molecule has 0 amide bonds. The van der Waals surface area contributed by atoms with Gasteiger partial charge in [-0.2, -0.15) is 0 Å². The number of hydrogen-bond donors (Lipinski definition) is 1. The number of pyridine rings is 1. The van der Waals surface area contributed by atoms with Crippen LogP contribution in [0.1, 0.15) is 32.6 Å². The summed E-state index contributed by atoms with van der Waals surface area (Å²) < 4.78 is 1.98. The summed E-state index contributed by atoms with van der Waals surface area (Å²) >= 11 is 6.28. The lowest BCUT2D eigenvalue weighted by molar-refractivity contribution is 0.00545. The Morgan fingerprint density at radius 1 is 1.28 bits per heavy atom. The molecule has 3 aromatic rings. The number of rotatable bonds is 3. The Labute approximate surface area is 151 Å². The lowest BCUT2D eigenvalue weighted by atomic mass is 9.80. The number of aromatic nitrogens is 4. The fourth-order valence-corrected chi connectivity index (χ4v) is 3.83. The zero-order valence-electron chi connectivity index (χ0n) is 14.2. The van der Waals surface area contributed by atoms with Crippen LogP contribution in [0.3, 0.4) is 0 Å². The van der Waals surface area contributed by atoms with E-state index in [9.17, 15) is 5.11 Å². The van der Waals surface area contributed by atoms with E-state index in [1.54, 1.807) is 12.4 Å². The minimum Gasteiger partial charge on any atom is -0.390 e. The van der Waals surface area contributed by atoms with Crippen LogP contribution in [-0.4, -0.2) is 30.7 Å². The van der Waals surface area contributed by atoms with Crippen molar-refractivity contribution < 1.29 is 5.11 Å². The van der Waals surface area contributed by atoms with E-state index < -0.39 is 5.60 Å². The van der Waals surface area contributed by atoms with E-state index in [2.05, 4.69) is 21.4 Å². The van der Waals surface area contributed by atoms with Gasteiger partial charge in [0, 0.05) is 24.5 Å². The lowest BCUT2D eigenvalue weighted by Crippen LogP contribution is -2.31. The molecule has 1 saturated carbocycles. The molecule has 0 aliphatic heterocycles. The summed E-state index contributed by atoms with van der Waals surface area (Å²) in [4.78, 5) is 4.05. The van der Waals surface area contributed by atoms with Crippen LogP contribution in [0.5, 0.6) is 0 Å². The maximum atomic E-state index is 10.1. The van der Waals surface area contributed by atoms with Crippen molar-refractivity contribution in [2.75, 3.05) is 0 Å². The Bertz CT molecular complexity index is 895. The Balaban J connectivity index is 1.62. The minimum atomic E-state index is -0.508. The highest BCUT2D eigenvalue weighted by Crippen LogP contribution is 2.33. The lowest BCUT2D eigenvalue weighted by Gasteiger charge is -2.32. The van der Waals surface area contributed by atoms with Gasteiger partial charge in [0.15, 0.2) is 0 Å². The molecule has 0 atom stereocenters. The first-order chi connectivity index (χ1) is 12.0. The van der Waals surface area contributed by atoms with Crippen LogP contribution in [0.4, 0.5) is 0 Å². The molecule has 1 N–H and O–H groups in total. The molecule has 130 valence electrons. The van der Waals surface area contributed by atoms with Crippen molar-refractivity contribution in [2.45, 2.75) is 44.8 Å². The number of aliphatic hydroxyl groups is 1. The van der Waals surface area contributed by atoms with Crippen LogP contribution in [0.25, 0.3) is 22.2 Å². The standard InChI is InChI=1S/C19H21ClN4O/c1-19(25)7-4-13(5-8-19)12-24-18-10-14(2-3-17(18)22-23-24)15-6-9-21-11-16(15)20/h2-3,6,9-11,13,25H,4-5,7-8,12H2,1H3. The normalized spacial score (nSPS) is 23.9. The molecule has 0 saturated heterocycles. The van der Waals surface area contributed by atoms with Gasteiger partial charge in [0.05, 0.1) is 16.1 Å². The summed E-state index contributed by atoms with van der Waals surface area (Å²) in [6, 6.07) is 8.01. The molecule has 1 fully saturated rings. The fraction of sp³-hybridized carbons (Fsp3) is 0.421. The maximum absolute atomic E-state index is 10.1. The van der Waals surface area contributed by atoms with Crippen molar-refractivity contribution in [1.82, 2.24) is 20.0 Å². The van der Waals surface area contributed by atoms with E-state index in [4.69, 9.17) is 11.6 Å². The van der Waals surface area contributed by atoms with Crippen molar-refractivity contribution in [1.29, 1.82) is 0 Å². The second-order valence-electron chi connectivity index (χ2n) is 7.27. The molecule has 0 radical (unpaired) electrons. The van der Waals surface area contributed by atoms with Crippen LogP contribution in [0.15, 0.2) is 36.7 Å². The van der Waals surface area contributed by atoms with Crippen molar-refractivity contribution in [3.05, 3.63) is 41.7 Å². The number of hydrogen-bond acceptors (Lipinski definition) is 4. The second-order valence-corrected chi connectivity index (χ2v) is 7.68. The highest BCUT2D eigenvalue weighted by molar-refractivity contribution is 6.33. The van der Waals surface area contributed by atoms with E-state index in [-0.39, 0.29) is 0 Å². The monoisotopic (exact) mass is 356 g/mol. The fourth-order valence-electron chi connectivity index (χ4n) is 3.60. The van der Waals surface area contributed by atoms with Crippen LogP contribution in [0.2, 0.25) is 5.02 Å². The summed E-state index contributed by atoms with van der Waals surface area (Å²) in [6.07, 6.45) is 7.14. The molecule has 2 heterocycles. The molecule has 25 heavy (non-hydrogen) atoms. The van der Waals surface area contributed by atoms with Gasteiger partial charge in [-0.05, 0) is 62.3 Å². The van der Waals surface area contributed by atoms with Crippen LogP contribution in [-0.2, 0) is 6.54 Å². The summed E-state index contributed by atoms with van der Waals surface area (Å²) in [6.45, 7) is 2.76. The molecule has 1 aromatic carbocycles. The predicted octanol–water partition coefficient (Wildman–Crippen LogP) is 4.09. The molecule has 1 aliphatic carbocycles. The second kappa shape index (κ2) is 6.39. The molecular weight excluding hydrogens is 336 g/mol. The Morgan fingerprint density at radius 2 is 2.08 bits per heavy atom. The first kappa shape index (κ1) is 16.5. The van der Waals surface area contributed by atoms with E-state index in [1.807, 2.05) is 29.8 Å². The molecule has 2 aromatic heterocycles. The van der Waals surface area contributed by atoms with Crippen molar-refractivity contribution in [3.63, 3.8) is 0 Å². The van der Waals surface area contributed by atoms with E-state index in [0.29, 0.717) is 10.9 Å². The van der Waals surface area contributed by atoms with E-state index >= 15 is 0 Å². The number of nitrogens with zero attached hydrogens (tertiary/aromatic N) is 4. The SMILES string of the molecule is CC1(O)CCC(Cn2nnc3ccc(-c4ccncc4Cl)cc32)CC1. The third kappa shape index (κ3) is 3.39. The molecule has 0 unspecified atom stereocenters. The molecule has 0 spiro atoms. The number of benzene rings is 1.